The van der Waals surface area contributed by atoms with E-state index < -0.39 is 40.4 Å². The van der Waals surface area contributed by atoms with Crippen LogP contribution in [-0.4, -0.2) is 94.1 Å². The second kappa shape index (κ2) is 31.6. The Morgan fingerprint density at radius 3 is 1.75 bits per heavy atom. The number of nitrogens with one attached hydrogen (secondary N) is 3. The molecule has 0 spiro atoms. The third kappa shape index (κ3) is 32.6. The number of guanidine groups is 2. The van der Waals surface area contributed by atoms with Gasteiger partial charge in [0, 0.05) is 39.0 Å². The number of nitrogens with zero attached hydrogens (tertiary/aromatic N) is 2. The van der Waals surface area contributed by atoms with Gasteiger partial charge in [0.1, 0.15) is 6.10 Å². The quantitative estimate of drug-likeness (QED) is 0.0265. The van der Waals surface area contributed by atoms with Crippen LogP contribution in [-0.2, 0) is 30.2 Å². The summed E-state index contributed by atoms with van der Waals surface area (Å²) < 4.78 is 24.5. The molecule has 0 fully saturated rings. The zero-order valence-electron chi connectivity index (χ0n) is 30.9. The van der Waals surface area contributed by atoms with Gasteiger partial charge in [0.2, 0.25) is 17.8 Å². The first-order valence-corrected chi connectivity index (χ1v) is 18.1. The second-order valence-electron chi connectivity index (χ2n) is 11.8. The molecule has 0 saturated heterocycles. The molecule has 0 aromatic rings. The minimum absolute atomic E-state index is 0.0114. The molecule has 0 heterocycles. The van der Waals surface area contributed by atoms with Crippen LogP contribution < -0.4 is 22.1 Å². The van der Waals surface area contributed by atoms with Crippen molar-refractivity contribution in [1.82, 2.24) is 15.5 Å². The van der Waals surface area contributed by atoms with Crippen molar-refractivity contribution in [3.63, 3.8) is 0 Å². The number of rotatable bonds is 23. The summed E-state index contributed by atoms with van der Waals surface area (Å²) in [5.74, 6) is -1.65. The number of aliphatic hydroxyl groups is 1. The fourth-order valence-electron chi connectivity index (χ4n) is 3.44. The van der Waals surface area contributed by atoms with Gasteiger partial charge in [0.25, 0.3) is 0 Å². The molecule has 0 saturated carbocycles. The standard InChI is InChI=1S/C32H50N2O7S.C4H11N5/c1-4-5-6-7-8-9-10-11-12-13-14-15-16-17-18-19-20-21-22-29(36)41-27-32(2,3)30(37)31(38)34-24-23-28(35)33-25-26-42(39)40;1-9(2)4(7)8-3(5)6/h5-6,8-9,11-12,14-15,17-18,20-21,30,37H,4,7,10,13,16,19,22-27H2,1-3H3,(H,33,35)(H,34,38)(H,39,40);1-2H3,(H5,5,6,7,8)/b6-5-,9-8-,12-11-,15-14-,18-17-,21-20-;/t30-;/m0./s1. The van der Waals surface area contributed by atoms with Gasteiger partial charge in [-0.25, -0.2) is 4.21 Å². The Morgan fingerprint density at radius 1 is 0.863 bits per heavy atom. The van der Waals surface area contributed by atoms with Crippen LogP contribution >= 0.6 is 0 Å². The molecule has 0 rings (SSSR count). The van der Waals surface area contributed by atoms with E-state index in [1.807, 2.05) is 12.2 Å². The average Bonchev–Trinajstić information content (AvgIpc) is 3.06. The van der Waals surface area contributed by atoms with E-state index in [0.29, 0.717) is 6.42 Å². The molecular weight excluding hydrogens is 675 g/mol. The molecule has 14 nitrogen and oxygen atoms in total. The van der Waals surface area contributed by atoms with Crippen LogP contribution in [0.4, 0.5) is 0 Å². The first-order valence-electron chi connectivity index (χ1n) is 16.8. The summed E-state index contributed by atoms with van der Waals surface area (Å²) in [6, 6.07) is 0. The summed E-state index contributed by atoms with van der Waals surface area (Å²) in [5, 5.41) is 22.3. The number of hydrogen-bond donors (Lipinski definition) is 7. The van der Waals surface area contributed by atoms with Gasteiger partial charge in [-0.3, -0.25) is 19.8 Å². The molecule has 0 aromatic heterocycles. The van der Waals surface area contributed by atoms with Crippen molar-refractivity contribution >= 4 is 40.8 Å². The number of aliphatic hydroxyl groups excluding tert-OH is 1. The fraction of sp³-hybridized carbons (Fsp3) is 0.528. The minimum atomic E-state index is -1.99. The molecule has 0 aliphatic carbocycles. The van der Waals surface area contributed by atoms with Crippen LogP contribution in [0.5, 0.6) is 0 Å². The van der Waals surface area contributed by atoms with E-state index in [2.05, 4.69) is 77.2 Å². The van der Waals surface area contributed by atoms with E-state index in [-0.39, 0.29) is 50.2 Å². The Hall–Kier alpha value is -4.34. The lowest BCUT2D eigenvalue weighted by molar-refractivity contribution is -0.152. The molecule has 9 N–H and O–H groups in total. The van der Waals surface area contributed by atoms with Gasteiger partial charge in [-0.05, 0) is 38.5 Å². The first kappa shape index (κ1) is 48.8. The molecule has 0 aliphatic heterocycles. The van der Waals surface area contributed by atoms with Gasteiger partial charge in [-0.15, -0.1) is 0 Å². The van der Waals surface area contributed by atoms with Crippen LogP contribution in [0.25, 0.3) is 0 Å². The summed E-state index contributed by atoms with van der Waals surface area (Å²) in [4.78, 5) is 40.9. The summed E-state index contributed by atoms with van der Waals surface area (Å²) in [6.07, 6.45) is 29.0. The number of amides is 2. The van der Waals surface area contributed by atoms with Gasteiger partial charge < -0.3 is 41.4 Å². The van der Waals surface area contributed by atoms with Crippen molar-refractivity contribution in [2.75, 3.05) is 39.5 Å². The smallest absolute Gasteiger partial charge is 0.309 e. The summed E-state index contributed by atoms with van der Waals surface area (Å²) in [7, 11) is 3.38. The van der Waals surface area contributed by atoms with Crippen molar-refractivity contribution < 1.29 is 33.0 Å². The lowest BCUT2D eigenvalue weighted by Crippen LogP contribution is -2.47. The first-order chi connectivity index (χ1) is 24.1. The number of allylic oxidation sites excluding steroid dienone is 11. The van der Waals surface area contributed by atoms with Crippen LogP contribution in [0.3, 0.4) is 0 Å². The Kier molecular flexibility index (Phi) is 30.2. The predicted molar refractivity (Wildman–Crippen MR) is 207 cm³/mol. The monoisotopic (exact) mass is 735 g/mol. The fourth-order valence-corrected chi connectivity index (χ4v) is 3.72. The predicted octanol–water partition coefficient (Wildman–Crippen LogP) is 3.60. The maximum absolute atomic E-state index is 12.2. The number of carbonyl (C=O) groups excluding carboxylic acids is 3. The summed E-state index contributed by atoms with van der Waals surface area (Å²) >= 11 is -1.99. The molecule has 2 amide bonds. The normalized spacial score (nSPS) is 13.1. The van der Waals surface area contributed by atoms with E-state index >= 15 is 0 Å². The Bertz CT molecular complexity index is 1250. The van der Waals surface area contributed by atoms with E-state index in [9.17, 15) is 23.7 Å². The number of nitrogens with two attached hydrogens (primary N) is 2. The average molecular weight is 736 g/mol. The van der Waals surface area contributed by atoms with Gasteiger partial charge in [-0.2, -0.15) is 4.99 Å². The Labute approximate surface area is 306 Å². The van der Waals surface area contributed by atoms with Crippen molar-refractivity contribution in [2.45, 2.75) is 78.2 Å². The molecule has 288 valence electrons. The maximum Gasteiger partial charge on any atom is 0.309 e. The molecule has 1 unspecified atom stereocenters. The zero-order chi connectivity index (χ0) is 38.9. The molecular formula is C36H61N7O7S. The van der Waals surface area contributed by atoms with Crippen LogP contribution in [0.2, 0.25) is 0 Å². The van der Waals surface area contributed by atoms with Crippen LogP contribution in [0, 0.1) is 10.8 Å². The topological polar surface area (TPSA) is 234 Å². The Balaban J connectivity index is 0. The molecule has 15 heteroatoms. The number of carbonyl (C=O) groups is 3. The largest absolute Gasteiger partial charge is 0.465 e. The van der Waals surface area contributed by atoms with Gasteiger partial charge in [0.15, 0.2) is 17.0 Å². The lowest BCUT2D eigenvalue weighted by atomic mass is 9.87. The van der Waals surface area contributed by atoms with Crippen LogP contribution in [0.15, 0.2) is 77.9 Å². The van der Waals surface area contributed by atoms with Gasteiger partial charge >= 0.3 is 5.97 Å². The maximum atomic E-state index is 12.2. The highest BCUT2D eigenvalue weighted by atomic mass is 32.2. The minimum Gasteiger partial charge on any atom is -0.465 e. The van der Waals surface area contributed by atoms with E-state index in [4.69, 9.17) is 26.2 Å². The number of ether oxygens (including phenoxy) is 1. The van der Waals surface area contributed by atoms with Crippen molar-refractivity contribution in [3.8, 4) is 0 Å². The molecule has 0 aliphatic rings. The third-order valence-corrected chi connectivity index (χ3v) is 6.94. The van der Waals surface area contributed by atoms with Crippen LogP contribution in [0.1, 0.15) is 72.1 Å². The number of esters is 1. The second-order valence-corrected chi connectivity index (χ2v) is 12.9. The highest BCUT2D eigenvalue weighted by Gasteiger charge is 2.34. The van der Waals surface area contributed by atoms with E-state index in [1.54, 1.807) is 34.0 Å². The number of aliphatic imine (C=N–C) groups is 1. The van der Waals surface area contributed by atoms with Gasteiger partial charge in [0.05, 0.1) is 18.8 Å². The van der Waals surface area contributed by atoms with E-state index in [1.165, 1.54) is 4.90 Å². The summed E-state index contributed by atoms with van der Waals surface area (Å²) in [6.45, 7) is 5.22. The number of hydrogen-bond acceptors (Lipinski definition) is 7. The molecule has 51 heavy (non-hydrogen) atoms. The van der Waals surface area contributed by atoms with Crippen molar-refractivity contribution in [3.05, 3.63) is 72.9 Å². The van der Waals surface area contributed by atoms with Crippen molar-refractivity contribution in [2.24, 2.45) is 21.9 Å². The molecule has 0 radical (unpaired) electrons. The summed E-state index contributed by atoms with van der Waals surface area (Å²) in [5.41, 5.74) is 8.95. The van der Waals surface area contributed by atoms with Gasteiger partial charge in [-0.1, -0.05) is 93.7 Å². The molecule has 2 atom stereocenters. The van der Waals surface area contributed by atoms with Crippen molar-refractivity contribution in [1.29, 1.82) is 5.41 Å². The zero-order valence-corrected chi connectivity index (χ0v) is 31.7. The highest BCUT2D eigenvalue weighted by molar-refractivity contribution is 7.79. The third-order valence-electron chi connectivity index (χ3n) is 6.38. The SMILES string of the molecule is CC/C=C\C/C=C\C/C=C\C/C=C\C/C=C\C/C=C\CC(=O)OCC(C)(C)[C@@H](O)C(=O)NCCC(=O)NCCS(=O)O.CN(C)C(=N)N=C(N)N. The Morgan fingerprint density at radius 2 is 1.33 bits per heavy atom. The highest BCUT2D eigenvalue weighted by Crippen LogP contribution is 2.21. The lowest BCUT2D eigenvalue weighted by Gasteiger charge is -2.28. The molecule has 0 aromatic carbocycles. The molecule has 0 bridgehead atoms. The van der Waals surface area contributed by atoms with E-state index in [0.717, 1.165) is 32.1 Å².